The Kier molecular flexibility index (Phi) is 3.45. The van der Waals surface area contributed by atoms with Gasteiger partial charge < -0.3 is 0 Å². The van der Waals surface area contributed by atoms with Gasteiger partial charge in [0.15, 0.2) is 0 Å². The summed E-state index contributed by atoms with van der Waals surface area (Å²) in [7, 11) is 0. The van der Waals surface area contributed by atoms with Crippen LogP contribution in [0.3, 0.4) is 0 Å². The Labute approximate surface area is 85.5 Å². The van der Waals surface area contributed by atoms with Crippen molar-refractivity contribution in [3.05, 3.63) is 53.7 Å². The molecule has 1 aromatic carbocycles. The van der Waals surface area contributed by atoms with Crippen molar-refractivity contribution in [1.29, 1.82) is 0 Å². The lowest BCUT2D eigenvalue weighted by Crippen LogP contribution is -2.00. The van der Waals surface area contributed by atoms with Crippen LogP contribution in [-0.4, -0.2) is 0 Å². The molecule has 0 aliphatic rings. The first-order valence-electron chi connectivity index (χ1n) is 4.82. The van der Waals surface area contributed by atoms with Gasteiger partial charge in [0, 0.05) is 5.92 Å². The Morgan fingerprint density at radius 1 is 1.43 bits per heavy atom. The highest BCUT2D eigenvalue weighted by Crippen LogP contribution is 2.26. The van der Waals surface area contributed by atoms with Gasteiger partial charge in [0.1, 0.15) is 5.82 Å². The van der Waals surface area contributed by atoms with E-state index in [2.05, 4.69) is 20.4 Å². The number of halogens is 1. The highest BCUT2D eigenvalue weighted by Gasteiger charge is 2.11. The first kappa shape index (κ1) is 11.0. The van der Waals surface area contributed by atoms with E-state index in [0.29, 0.717) is 5.92 Å². The van der Waals surface area contributed by atoms with Crippen molar-refractivity contribution in [1.82, 2.24) is 0 Å². The van der Waals surface area contributed by atoms with E-state index in [1.54, 1.807) is 12.1 Å². The Balaban J connectivity index is 3.22. The highest BCUT2D eigenvalue weighted by molar-refractivity contribution is 5.43. The van der Waals surface area contributed by atoms with Gasteiger partial charge >= 0.3 is 0 Å². The van der Waals surface area contributed by atoms with Gasteiger partial charge in [0.05, 0.1) is 0 Å². The quantitative estimate of drug-likeness (QED) is 0.675. The van der Waals surface area contributed by atoms with E-state index >= 15 is 0 Å². The first-order chi connectivity index (χ1) is 6.56. The molecule has 0 N–H and O–H groups in total. The third kappa shape index (κ3) is 2.22. The van der Waals surface area contributed by atoms with Crippen LogP contribution in [0.25, 0.3) is 0 Å². The van der Waals surface area contributed by atoms with E-state index in [0.717, 1.165) is 11.5 Å². The highest BCUT2D eigenvalue weighted by atomic mass is 19.1. The molecule has 75 valence electrons. The maximum absolute atomic E-state index is 13.1. The second-order valence-electron chi connectivity index (χ2n) is 3.77. The molecule has 0 aliphatic carbocycles. The van der Waals surface area contributed by atoms with Crippen LogP contribution >= 0.6 is 0 Å². The smallest absolute Gasteiger partial charge is 0.123 e. The maximum Gasteiger partial charge on any atom is 0.123 e. The minimum absolute atomic E-state index is 0.189. The number of benzene rings is 1. The lowest BCUT2D eigenvalue weighted by molar-refractivity contribution is 0.624. The van der Waals surface area contributed by atoms with E-state index in [9.17, 15) is 4.39 Å². The molecule has 0 saturated carbocycles. The Morgan fingerprint density at radius 3 is 2.57 bits per heavy atom. The number of hydrogen-bond acceptors (Lipinski definition) is 0. The van der Waals surface area contributed by atoms with Crippen molar-refractivity contribution < 1.29 is 4.39 Å². The molecule has 1 heteroatoms. The molecule has 1 aromatic rings. The van der Waals surface area contributed by atoms with E-state index in [1.807, 2.05) is 13.0 Å². The summed E-state index contributed by atoms with van der Waals surface area (Å²) in [4.78, 5) is 0. The van der Waals surface area contributed by atoms with E-state index < -0.39 is 0 Å². The number of hydrogen-bond donors (Lipinski definition) is 0. The molecule has 0 atom stereocenters. The summed E-state index contributed by atoms with van der Waals surface area (Å²) in [6.45, 7) is 9.87. The van der Waals surface area contributed by atoms with Gasteiger partial charge in [-0.05, 0) is 29.2 Å². The second-order valence-corrected chi connectivity index (χ2v) is 3.77. The Hall–Kier alpha value is -1.11. The largest absolute Gasteiger partial charge is 0.207 e. The number of allylic oxidation sites excluding steroid dienone is 1. The predicted molar refractivity (Wildman–Crippen MR) is 58.7 cm³/mol. The minimum atomic E-state index is -0.189. The molecule has 0 heterocycles. The lowest BCUT2D eigenvalue weighted by atomic mass is 9.90. The third-order valence-corrected chi connectivity index (χ3v) is 2.37. The van der Waals surface area contributed by atoms with Crippen LogP contribution in [0.15, 0.2) is 30.9 Å². The van der Waals surface area contributed by atoms with Crippen LogP contribution in [-0.2, 0) is 0 Å². The van der Waals surface area contributed by atoms with Crippen LogP contribution in [0.4, 0.5) is 4.39 Å². The standard InChI is InChI=1S/C13H16F/c1-5-10(4)13-8-11(14)6-7-12(13)9(2)3/h5-9H,1H2,2-4H3. The van der Waals surface area contributed by atoms with Gasteiger partial charge in [0.2, 0.25) is 0 Å². The predicted octanol–water partition coefficient (Wildman–Crippen LogP) is 4.08. The van der Waals surface area contributed by atoms with Crippen molar-refractivity contribution in [3.8, 4) is 0 Å². The molecule has 0 aliphatic heterocycles. The Morgan fingerprint density at radius 2 is 2.07 bits per heavy atom. The fraction of sp³-hybridized carbons (Fsp3) is 0.308. The summed E-state index contributed by atoms with van der Waals surface area (Å²) in [5.41, 5.74) is 2.14. The van der Waals surface area contributed by atoms with Gasteiger partial charge in [-0.15, -0.1) is 6.58 Å². The van der Waals surface area contributed by atoms with Gasteiger partial charge in [-0.3, -0.25) is 0 Å². The second kappa shape index (κ2) is 4.41. The van der Waals surface area contributed by atoms with Crippen molar-refractivity contribution in [2.45, 2.75) is 26.7 Å². The third-order valence-electron chi connectivity index (χ3n) is 2.37. The molecule has 0 bridgehead atoms. The molecule has 1 radical (unpaired) electrons. The van der Waals surface area contributed by atoms with Crippen molar-refractivity contribution >= 4 is 0 Å². The van der Waals surface area contributed by atoms with Crippen molar-refractivity contribution in [2.24, 2.45) is 0 Å². The molecular weight excluding hydrogens is 175 g/mol. The van der Waals surface area contributed by atoms with Crippen LogP contribution in [0.5, 0.6) is 0 Å². The minimum Gasteiger partial charge on any atom is -0.207 e. The fourth-order valence-electron chi connectivity index (χ4n) is 1.48. The molecule has 1 rings (SSSR count). The lowest BCUT2D eigenvalue weighted by Gasteiger charge is -2.15. The molecule has 0 aromatic heterocycles. The average Bonchev–Trinajstić information content (AvgIpc) is 2.16. The zero-order chi connectivity index (χ0) is 10.7. The summed E-state index contributed by atoms with van der Waals surface area (Å²) in [6, 6.07) is 4.93. The fourth-order valence-corrected chi connectivity index (χ4v) is 1.48. The summed E-state index contributed by atoms with van der Waals surface area (Å²) in [5.74, 6) is 1.24. The van der Waals surface area contributed by atoms with Crippen molar-refractivity contribution in [3.63, 3.8) is 0 Å². The number of rotatable bonds is 3. The van der Waals surface area contributed by atoms with E-state index in [1.165, 1.54) is 11.6 Å². The molecule has 14 heavy (non-hydrogen) atoms. The monoisotopic (exact) mass is 191 g/mol. The zero-order valence-electron chi connectivity index (χ0n) is 8.97. The molecule has 0 unspecified atom stereocenters. The van der Waals surface area contributed by atoms with Gasteiger partial charge in [0.25, 0.3) is 0 Å². The molecule has 0 amide bonds. The maximum atomic E-state index is 13.1. The van der Waals surface area contributed by atoms with Crippen molar-refractivity contribution in [2.75, 3.05) is 0 Å². The van der Waals surface area contributed by atoms with Crippen LogP contribution < -0.4 is 0 Å². The molecular formula is C13H16F. The Bertz CT molecular complexity index is 326. The van der Waals surface area contributed by atoms with Crippen LogP contribution in [0.2, 0.25) is 0 Å². The van der Waals surface area contributed by atoms with Gasteiger partial charge in [-0.1, -0.05) is 32.9 Å². The topological polar surface area (TPSA) is 0 Å². The van der Waals surface area contributed by atoms with Crippen LogP contribution in [0.1, 0.15) is 37.8 Å². The summed E-state index contributed by atoms with van der Waals surface area (Å²) in [5, 5.41) is 0. The summed E-state index contributed by atoms with van der Waals surface area (Å²) >= 11 is 0. The van der Waals surface area contributed by atoms with Crippen LogP contribution in [0, 0.1) is 11.7 Å². The summed E-state index contributed by atoms with van der Waals surface area (Å²) < 4.78 is 13.1. The SMILES string of the molecule is C=C[C](C)c1cc(F)ccc1C(C)C. The van der Waals surface area contributed by atoms with E-state index in [4.69, 9.17) is 0 Å². The van der Waals surface area contributed by atoms with Gasteiger partial charge in [-0.25, -0.2) is 4.39 Å². The van der Waals surface area contributed by atoms with E-state index in [-0.39, 0.29) is 5.82 Å². The normalized spacial score (nSPS) is 11.0. The van der Waals surface area contributed by atoms with Gasteiger partial charge in [-0.2, -0.15) is 0 Å². The first-order valence-corrected chi connectivity index (χ1v) is 4.82. The summed E-state index contributed by atoms with van der Waals surface area (Å²) in [6.07, 6.45) is 1.76. The molecule has 0 spiro atoms. The zero-order valence-corrected chi connectivity index (χ0v) is 8.97. The molecule has 0 fully saturated rings. The molecule has 0 nitrogen and oxygen atoms in total. The average molecular weight is 191 g/mol. The molecule has 0 saturated heterocycles.